The maximum atomic E-state index is 12.8. The average Bonchev–Trinajstić information content (AvgIpc) is 2.99. The molecule has 2 aromatic rings. The highest BCUT2D eigenvalue weighted by Crippen LogP contribution is 2.49. The number of hydrogen-bond donors (Lipinski definition) is 0. The molecule has 0 saturated heterocycles. The number of halogens is 1. The minimum atomic E-state index is -0.331. The van der Waals surface area contributed by atoms with E-state index in [1.165, 1.54) is 0 Å². The number of allylic oxidation sites excluding steroid dienone is 1. The molecular formula is C20H17ClN2O2S. The van der Waals surface area contributed by atoms with E-state index in [-0.39, 0.29) is 12.0 Å². The Morgan fingerprint density at radius 2 is 1.96 bits per heavy atom. The van der Waals surface area contributed by atoms with Gasteiger partial charge in [-0.15, -0.1) is 0 Å². The Kier molecular flexibility index (Phi) is 4.51. The van der Waals surface area contributed by atoms with Gasteiger partial charge in [0.05, 0.1) is 29.6 Å². The standard InChI is InChI=1S/C20H17ClN2O2S/c1-3-25-19(24)17-12(2)22-20-23(15-6-4-5-7-16(15)26-20)18(17)13-8-10-14(21)11-9-13/h4-11,18H,3H2,1-2H3. The van der Waals surface area contributed by atoms with E-state index in [1.807, 2.05) is 50.2 Å². The van der Waals surface area contributed by atoms with Gasteiger partial charge in [-0.2, -0.15) is 0 Å². The van der Waals surface area contributed by atoms with Gasteiger partial charge in [-0.1, -0.05) is 35.9 Å². The molecule has 2 aliphatic rings. The summed E-state index contributed by atoms with van der Waals surface area (Å²) in [5.74, 6) is -0.331. The highest BCUT2D eigenvalue weighted by molar-refractivity contribution is 8.14. The molecule has 2 aromatic carbocycles. The molecule has 0 aromatic heterocycles. The van der Waals surface area contributed by atoms with Gasteiger partial charge in [0.2, 0.25) is 0 Å². The Morgan fingerprint density at radius 3 is 2.69 bits per heavy atom. The first kappa shape index (κ1) is 17.2. The highest BCUT2D eigenvalue weighted by Gasteiger charge is 2.41. The molecule has 132 valence electrons. The van der Waals surface area contributed by atoms with E-state index < -0.39 is 0 Å². The van der Waals surface area contributed by atoms with Gasteiger partial charge >= 0.3 is 5.97 Å². The third-order valence-electron chi connectivity index (χ3n) is 4.40. The smallest absolute Gasteiger partial charge is 0.338 e. The lowest BCUT2D eigenvalue weighted by Crippen LogP contribution is -2.37. The molecule has 0 aliphatic carbocycles. The first-order valence-electron chi connectivity index (χ1n) is 8.38. The predicted molar refractivity (Wildman–Crippen MR) is 106 cm³/mol. The number of carbonyl (C=O) groups excluding carboxylic acids is 1. The minimum Gasteiger partial charge on any atom is -0.463 e. The number of nitrogens with zero attached hydrogens (tertiary/aromatic N) is 2. The SMILES string of the molecule is CCOC(=O)C1=C(C)N=C2Sc3ccccc3N2C1c1ccc(Cl)cc1. The molecule has 26 heavy (non-hydrogen) atoms. The number of hydrogen-bond acceptors (Lipinski definition) is 5. The third kappa shape index (κ3) is 2.81. The summed E-state index contributed by atoms with van der Waals surface area (Å²) >= 11 is 7.69. The molecule has 0 saturated carbocycles. The predicted octanol–water partition coefficient (Wildman–Crippen LogP) is 5.20. The molecule has 1 atom stereocenters. The Bertz CT molecular complexity index is 937. The zero-order chi connectivity index (χ0) is 18.3. The fraction of sp³-hybridized carbons (Fsp3) is 0.200. The van der Waals surface area contributed by atoms with Crippen molar-refractivity contribution in [3.8, 4) is 0 Å². The van der Waals surface area contributed by atoms with E-state index in [1.54, 1.807) is 11.8 Å². The number of thioether (sulfide) groups is 1. The molecule has 0 bridgehead atoms. The largest absolute Gasteiger partial charge is 0.463 e. The van der Waals surface area contributed by atoms with Crippen LogP contribution >= 0.6 is 23.4 Å². The van der Waals surface area contributed by atoms with Crippen LogP contribution in [0.4, 0.5) is 5.69 Å². The number of rotatable bonds is 3. The van der Waals surface area contributed by atoms with Crippen molar-refractivity contribution < 1.29 is 9.53 Å². The molecule has 4 rings (SSSR count). The van der Waals surface area contributed by atoms with Crippen LogP contribution in [0, 0.1) is 0 Å². The quantitative estimate of drug-likeness (QED) is 0.682. The van der Waals surface area contributed by atoms with Crippen LogP contribution in [-0.2, 0) is 9.53 Å². The minimum absolute atomic E-state index is 0.296. The molecule has 0 radical (unpaired) electrons. The lowest BCUT2D eigenvalue weighted by Gasteiger charge is -2.34. The number of ether oxygens (including phenoxy) is 1. The second kappa shape index (κ2) is 6.82. The fourth-order valence-corrected chi connectivity index (χ4v) is 4.50. The van der Waals surface area contributed by atoms with Crippen molar-refractivity contribution in [1.29, 1.82) is 0 Å². The first-order valence-corrected chi connectivity index (χ1v) is 9.57. The normalized spacial score (nSPS) is 18.3. The van der Waals surface area contributed by atoms with Crippen LogP contribution in [0.15, 0.2) is 69.7 Å². The summed E-state index contributed by atoms with van der Waals surface area (Å²) in [6.45, 7) is 4.00. The molecule has 0 fully saturated rings. The van der Waals surface area contributed by atoms with Gasteiger partial charge in [-0.25, -0.2) is 9.79 Å². The Labute approximate surface area is 161 Å². The molecule has 2 aliphatic heterocycles. The van der Waals surface area contributed by atoms with Crippen LogP contribution in [0.3, 0.4) is 0 Å². The lowest BCUT2D eigenvalue weighted by molar-refractivity contribution is -0.138. The Hall–Kier alpha value is -2.24. The number of amidine groups is 1. The Morgan fingerprint density at radius 1 is 1.23 bits per heavy atom. The summed E-state index contributed by atoms with van der Waals surface area (Å²) in [5.41, 5.74) is 3.28. The second-order valence-corrected chi connectivity index (χ2v) is 7.45. The highest BCUT2D eigenvalue weighted by atomic mass is 35.5. The molecular weight excluding hydrogens is 368 g/mol. The second-order valence-electron chi connectivity index (χ2n) is 6.01. The van der Waals surface area contributed by atoms with Crippen molar-refractivity contribution in [2.75, 3.05) is 11.5 Å². The Balaban J connectivity index is 1.90. The first-order chi connectivity index (χ1) is 12.6. The zero-order valence-corrected chi connectivity index (χ0v) is 16.0. The van der Waals surface area contributed by atoms with Gasteiger partial charge in [0.25, 0.3) is 0 Å². The summed E-state index contributed by atoms with van der Waals surface area (Å²) < 4.78 is 5.34. The summed E-state index contributed by atoms with van der Waals surface area (Å²) in [7, 11) is 0. The van der Waals surface area contributed by atoms with Crippen LogP contribution in [0.5, 0.6) is 0 Å². The van der Waals surface area contributed by atoms with E-state index in [0.717, 1.165) is 21.3 Å². The van der Waals surface area contributed by atoms with Gasteiger partial charge in [0.15, 0.2) is 5.17 Å². The van der Waals surface area contributed by atoms with Crippen molar-refractivity contribution in [2.45, 2.75) is 24.8 Å². The number of carbonyl (C=O) groups is 1. The van der Waals surface area contributed by atoms with E-state index in [9.17, 15) is 4.79 Å². The summed E-state index contributed by atoms with van der Waals surface area (Å²) in [6.07, 6.45) is 0. The molecule has 1 unspecified atom stereocenters. The zero-order valence-electron chi connectivity index (χ0n) is 14.4. The third-order valence-corrected chi connectivity index (χ3v) is 5.69. The van der Waals surface area contributed by atoms with E-state index >= 15 is 0 Å². The topological polar surface area (TPSA) is 41.9 Å². The van der Waals surface area contributed by atoms with Crippen molar-refractivity contribution in [3.05, 3.63) is 70.4 Å². The molecule has 0 spiro atoms. The van der Waals surface area contributed by atoms with Crippen molar-refractivity contribution in [3.63, 3.8) is 0 Å². The summed E-state index contributed by atoms with van der Waals surface area (Å²) in [6, 6.07) is 15.4. The maximum Gasteiger partial charge on any atom is 0.338 e. The van der Waals surface area contributed by atoms with E-state index in [4.69, 9.17) is 21.3 Å². The van der Waals surface area contributed by atoms with Crippen LogP contribution < -0.4 is 4.90 Å². The number of anilines is 1. The van der Waals surface area contributed by atoms with Crippen LogP contribution in [0.1, 0.15) is 25.5 Å². The molecule has 0 amide bonds. The van der Waals surface area contributed by atoms with Crippen LogP contribution in [0.25, 0.3) is 0 Å². The van der Waals surface area contributed by atoms with Crippen LogP contribution in [0.2, 0.25) is 5.02 Å². The van der Waals surface area contributed by atoms with Crippen molar-refractivity contribution in [2.24, 2.45) is 4.99 Å². The van der Waals surface area contributed by atoms with Crippen molar-refractivity contribution in [1.82, 2.24) is 0 Å². The van der Waals surface area contributed by atoms with Gasteiger partial charge < -0.3 is 9.64 Å². The van der Waals surface area contributed by atoms with E-state index in [2.05, 4.69) is 17.0 Å². The van der Waals surface area contributed by atoms with Gasteiger partial charge in [0, 0.05) is 9.92 Å². The number of esters is 1. The number of benzene rings is 2. The van der Waals surface area contributed by atoms with Crippen LogP contribution in [-0.4, -0.2) is 17.7 Å². The van der Waals surface area contributed by atoms with Gasteiger partial charge in [-0.05, 0) is 55.4 Å². The summed E-state index contributed by atoms with van der Waals surface area (Å²) in [5, 5.41) is 1.53. The number of fused-ring (bicyclic) bond motifs is 3. The molecule has 2 heterocycles. The lowest BCUT2D eigenvalue weighted by atomic mass is 9.94. The number of para-hydroxylation sites is 1. The molecule has 6 heteroatoms. The van der Waals surface area contributed by atoms with Gasteiger partial charge in [0.1, 0.15) is 0 Å². The average molecular weight is 385 g/mol. The fourth-order valence-electron chi connectivity index (χ4n) is 3.28. The maximum absolute atomic E-state index is 12.8. The van der Waals surface area contributed by atoms with Gasteiger partial charge in [-0.3, -0.25) is 0 Å². The number of aliphatic imine (C=N–C) groups is 1. The van der Waals surface area contributed by atoms with E-state index in [0.29, 0.717) is 22.9 Å². The summed E-state index contributed by atoms with van der Waals surface area (Å²) in [4.78, 5) is 20.7. The monoisotopic (exact) mass is 384 g/mol. The van der Waals surface area contributed by atoms with Crippen molar-refractivity contribution >= 4 is 40.2 Å². The molecule has 0 N–H and O–H groups in total. The molecule has 4 nitrogen and oxygen atoms in total.